The van der Waals surface area contributed by atoms with Crippen LogP contribution in [0.1, 0.15) is 47.7 Å². The maximum absolute atomic E-state index is 10.3. The molecule has 2 heterocycles. The normalized spacial score (nSPS) is 21.1. The molecule has 1 aromatic rings. The van der Waals surface area contributed by atoms with E-state index in [4.69, 9.17) is 5.41 Å². The highest BCUT2D eigenvalue weighted by Gasteiger charge is 2.34. The fourth-order valence-corrected chi connectivity index (χ4v) is 4.09. The molecule has 1 aliphatic heterocycles. The molecule has 0 aromatic carbocycles. The Balaban J connectivity index is 1.85. The molecule has 3 rings (SSSR count). The molecular weight excluding hydrogens is 270 g/mol. The largest absolute Gasteiger partial charge is 0.510 e. The SMILES string of the molecule is Cc1nc(C2=C(O)CN(C3CCCCC3)C2=N)sc1C. The summed E-state index contributed by atoms with van der Waals surface area (Å²) in [5.41, 5.74) is 1.64. The first kappa shape index (κ1) is 13.6. The van der Waals surface area contributed by atoms with Crippen molar-refractivity contribution < 1.29 is 5.11 Å². The topological polar surface area (TPSA) is 60.2 Å². The van der Waals surface area contributed by atoms with Crippen molar-refractivity contribution in [2.24, 2.45) is 0 Å². The molecule has 2 aliphatic rings. The smallest absolute Gasteiger partial charge is 0.135 e. The van der Waals surface area contributed by atoms with Crippen LogP contribution in [0.15, 0.2) is 5.76 Å². The van der Waals surface area contributed by atoms with Gasteiger partial charge in [-0.15, -0.1) is 11.3 Å². The maximum Gasteiger partial charge on any atom is 0.135 e. The van der Waals surface area contributed by atoms with Crippen LogP contribution in [0.25, 0.3) is 5.57 Å². The van der Waals surface area contributed by atoms with Crippen molar-refractivity contribution in [2.75, 3.05) is 6.54 Å². The van der Waals surface area contributed by atoms with E-state index in [2.05, 4.69) is 9.88 Å². The summed E-state index contributed by atoms with van der Waals surface area (Å²) in [5, 5.41) is 19.5. The molecule has 1 saturated carbocycles. The fraction of sp³-hybridized carbons (Fsp3) is 0.600. The van der Waals surface area contributed by atoms with Gasteiger partial charge in [-0.25, -0.2) is 4.98 Å². The number of aliphatic hydroxyl groups is 1. The Labute approximate surface area is 123 Å². The minimum absolute atomic E-state index is 0.314. The van der Waals surface area contributed by atoms with Gasteiger partial charge in [0.1, 0.15) is 16.6 Å². The zero-order valence-electron chi connectivity index (χ0n) is 12.1. The van der Waals surface area contributed by atoms with Gasteiger partial charge in [-0.1, -0.05) is 19.3 Å². The van der Waals surface area contributed by atoms with E-state index in [0.29, 0.717) is 29.8 Å². The molecule has 0 atom stereocenters. The molecule has 1 aromatic heterocycles. The zero-order chi connectivity index (χ0) is 14.3. The zero-order valence-corrected chi connectivity index (χ0v) is 12.9. The standard InChI is InChI=1S/C15H21N3OS/c1-9-10(2)20-15(17-9)13-12(19)8-18(14(13)16)11-6-4-3-5-7-11/h11,16,19H,3-8H2,1-2H3. The molecule has 20 heavy (non-hydrogen) atoms. The molecule has 108 valence electrons. The van der Waals surface area contributed by atoms with Gasteiger partial charge in [0.05, 0.1) is 17.8 Å². The summed E-state index contributed by atoms with van der Waals surface area (Å²) in [6.45, 7) is 4.49. The van der Waals surface area contributed by atoms with Gasteiger partial charge in [0.15, 0.2) is 0 Å². The van der Waals surface area contributed by atoms with Gasteiger partial charge in [0.25, 0.3) is 0 Å². The van der Waals surface area contributed by atoms with Crippen LogP contribution < -0.4 is 0 Å². The summed E-state index contributed by atoms with van der Waals surface area (Å²) in [6.07, 6.45) is 6.05. The van der Waals surface area contributed by atoms with Crippen LogP contribution in [-0.2, 0) is 0 Å². The van der Waals surface area contributed by atoms with Gasteiger partial charge in [-0.05, 0) is 26.7 Å². The Morgan fingerprint density at radius 3 is 2.55 bits per heavy atom. The summed E-state index contributed by atoms with van der Waals surface area (Å²) in [7, 11) is 0. The lowest BCUT2D eigenvalue weighted by molar-refractivity contribution is 0.241. The number of aliphatic hydroxyl groups excluding tert-OH is 1. The second kappa shape index (κ2) is 5.20. The number of hydrogen-bond acceptors (Lipinski definition) is 4. The number of aromatic nitrogens is 1. The first-order valence-corrected chi connectivity index (χ1v) is 8.11. The van der Waals surface area contributed by atoms with Crippen LogP contribution in [0.5, 0.6) is 0 Å². The molecular formula is C15H21N3OS. The Kier molecular flexibility index (Phi) is 3.54. The van der Waals surface area contributed by atoms with Gasteiger partial charge < -0.3 is 10.0 Å². The van der Waals surface area contributed by atoms with Gasteiger partial charge in [-0.2, -0.15) is 0 Å². The maximum atomic E-state index is 10.3. The quantitative estimate of drug-likeness (QED) is 0.874. The Bertz CT molecular complexity index is 550. The molecule has 0 amide bonds. The average Bonchev–Trinajstić information content (AvgIpc) is 2.91. The van der Waals surface area contributed by atoms with Crippen molar-refractivity contribution >= 4 is 22.7 Å². The first-order valence-electron chi connectivity index (χ1n) is 7.30. The van der Waals surface area contributed by atoms with Crippen LogP contribution in [0.2, 0.25) is 0 Å². The fourth-order valence-electron chi connectivity index (χ4n) is 3.11. The van der Waals surface area contributed by atoms with Crippen molar-refractivity contribution in [1.82, 2.24) is 9.88 Å². The van der Waals surface area contributed by atoms with Crippen molar-refractivity contribution in [3.05, 3.63) is 21.3 Å². The highest BCUT2D eigenvalue weighted by Crippen LogP contribution is 2.34. The molecule has 0 spiro atoms. The predicted octanol–water partition coefficient (Wildman–Crippen LogP) is 3.65. The van der Waals surface area contributed by atoms with Gasteiger partial charge in [0, 0.05) is 10.9 Å². The van der Waals surface area contributed by atoms with Crippen molar-refractivity contribution in [2.45, 2.75) is 52.0 Å². The van der Waals surface area contributed by atoms with Crippen molar-refractivity contribution in [3.8, 4) is 0 Å². The molecule has 0 bridgehead atoms. The van der Waals surface area contributed by atoms with Crippen LogP contribution in [0, 0.1) is 19.3 Å². The van der Waals surface area contributed by atoms with Crippen molar-refractivity contribution in [1.29, 1.82) is 5.41 Å². The van der Waals surface area contributed by atoms with E-state index in [0.717, 1.165) is 28.4 Å². The Hall–Kier alpha value is -1.36. The molecule has 1 aliphatic carbocycles. The molecule has 0 unspecified atom stereocenters. The number of hydrogen-bond donors (Lipinski definition) is 2. The van der Waals surface area contributed by atoms with Crippen LogP contribution >= 0.6 is 11.3 Å². The second-order valence-corrected chi connectivity index (χ2v) is 6.95. The average molecular weight is 291 g/mol. The molecule has 2 N–H and O–H groups in total. The van der Waals surface area contributed by atoms with Gasteiger partial charge in [-0.3, -0.25) is 5.41 Å². The summed E-state index contributed by atoms with van der Waals surface area (Å²) in [6, 6.07) is 0.415. The Morgan fingerprint density at radius 1 is 1.25 bits per heavy atom. The number of nitrogens with zero attached hydrogens (tertiary/aromatic N) is 2. The third kappa shape index (κ3) is 2.24. The lowest BCUT2D eigenvalue weighted by atomic mass is 9.94. The van der Waals surface area contributed by atoms with E-state index < -0.39 is 0 Å². The second-order valence-electron chi connectivity index (χ2n) is 5.75. The molecule has 1 fully saturated rings. The monoisotopic (exact) mass is 291 g/mol. The molecule has 0 radical (unpaired) electrons. The number of rotatable bonds is 2. The summed E-state index contributed by atoms with van der Waals surface area (Å²) < 4.78 is 0. The minimum Gasteiger partial charge on any atom is -0.510 e. The van der Waals surface area contributed by atoms with Gasteiger partial charge in [0.2, 0.25) is 0 Å². The lowest BCUT2D eigenvalue weighted by Crippen LogP contribution is -2.38. The van der Waals surface area contributed by atoms with Crippen LogP contribution in [0.3, 0.4) is 0 Å². The first-order chi connectivity index (χ1) is 9.58. The molecule has 0 saturated heterocycles. The number of amidine groups is 1. The van der Waals surface area contributed by atoms with Gasteiger partial charge >= 0.3 is 0 Å². The summed E-state index contributed by atoms with van der Waals surface area (Å²) >= 11 is 1.57. The highest BCUT2D eigenvalue weighted by molar-refractivity contribution is 7.13. The van der Waals surface area contributed by atoms with E-state index in [1.807, 2.05) is 13.8 Å². The predicted molar refractivity (Wildman–Crippen MR) is 82.4 cm³/mol. The summed E-state index contributed by atoms with van der Waals surface area (Å²) in [5.74, 6) is 0.775. The van der Waals surface area contributed by atoms with E-state index in [-0.39, 0.29) is 0 Å². The Morgan fingerprint density at radius 2 is 1.95 bits per heavy atom. The van der Waals surface area contributed by atoms with E-state index in [1.165, 1.54) is 19.3 Å². The number of nitrogens with one attached hydrogen (secondary N) is 1. The lowest BCUT2D eigenvalue weighted by Gasteiger charge is -2.32. The summed E-state index contributed by atoms with van der Waals surface area (Å²) in [4.78, 5) is 7.73. The minimum atomic E-state index is 0.314. The van der Waals surface area contributed by atoms with Crippen molar-refractivity contribution in [3.63, 3.8) is 0 Å². The third-order valence-corrected chi connectivity index (χ3v) is 5.48. The number of thiazole rings is 1. The third-order valence-electron chi connectivity index (χ3n) is 4.39. The van der Waals surface area contributed by atoms with Crippen LogP contribution in [0.4, 0.5) is 0 Å². The van der Waals surface area contributed by atoms with E-state index in [1.54, 1.807) is 11.3 Å². The van der Waals surface area contributed by atoms with E-state index >= 15 is 0 Å². The number of aryl methyl sites for hydroxylation is 2. The van der Waals surface area contributed by atoms with E-state index in [9.17, 15) is 5.11 Å². The highest BCUT2D eigenvalue weighted by atomic mass is 32.1. The molecule has 5 heteroatoms. The van der Waals surface area contributed by atoms with Crippen LogP contribution in [-0.4, -0.2) is 33.4 Å². The molecule has 4 nitrogen and oxygen atoms in total.